The van der Waals surface area contributed by atoms with Crippen LogP contribution in [0.25, 0.3) is 10.1 Å². The van der Waals surface area contributed by atoms with Crippen LogP contribution in [0.15, 0.2) is 26.5 Å². The highest BCUT2D eigenvalue weighted by atomic mass is 79.9. The Morgan fingerprint density at radius 2 is 1.92 bits per heavy atom. The summed E-state index contributed by atoms with van der Waals surface area (Å²) in [5, 5.41) is 1.18. The third kappa shape index (κ3) is 1.39. The minimum atomic E-state index is 0.791. The summed E-state index contributed by atoms with van der Waals surface area (Å²) in [6, 6.07) is 5.97. The third-order valence-corrected chi connectivity index (χ3v) is 4.14. The van der Waals surface area contributed by atoms with E-state index in [1.54, 1.807) is 11.3 Å². The molecule has 0 aliphatic carbocycles. The van der Waals surface area contributed by atoms with Crippen molar-refractivity contribution in [1.82, 2.24) is 0 Å². The number of nitrogen functional groups attached to an aromatic ring is 1. The molecule has 4 heteroatoms. The second-order valence-electron chi connectivity index (χ2n) is 2.47. The van der Waals surface area contributed by atoms with Crippen LogP contribution in [0.5, 0.6) is 0 Å². The topological polar surface area (TPSA) is 26.0 Å². The summed E-state index contributed by atoms with van der Waals surface area (Å²) in [5.74, 6) is 0. The number of fused-ring (bicyclic) bond motifs is 1. The monoisotopic (exact) mass is 305 g/mol. The fraction of sp³-hybridized carbons (Fsp3) is 0. The van der Waals surface area contributed by atoms with E-state index in [4.69, 9.17) is 5.73 Å². The lowest BCUT2D eigenvalue weighted by atomic mass is 10.2. The number of thiophene rings is 1. The van der Waals surface area contributed by atoms with Gasteiger partial charge >= 0.3 is 0 Å². The molecule has 0 aliphatic heterocycles. The van der Waals surface area contributed by atoms with Gasteiger partial charge in [0, 0.05) is 14.9 Å². The normalized spacial score (nSPS) is 10.8. The number of benzene rings is 1. The van der Waals surface area contributed by atoms with Crippen molar-refractivity contribution in [1.29, 1.82) is 0 Å². The van der Waals surface area contributed by atoms with Crippen LogP contribution < -0.4 is 5.73 Å². The Hall–Kier alpha value is -0.0600. The maximum atomic E-state index is 5.69. The molecule has 0 atom stereocenters. The van der Waals surface area contributed by atoms with E-state index in [1.807, 2.05) is 12.1 Å². The zero-order valence-electron chi connectivity index (χ0n) is 5.97. The fourth-order valence-electron chi connectivity index (χ4n) is 1.10. The first kappa shape index (κ1) is 8.53. The number of anilines is 1. The van der Waals surface area contributed by atoms with Gasteiger partial charge in [-0.05, 0) is 55.4 Å². The van der Waals surface area contributed by atoms with Gasteiger partial charge in [0.25, 0.3) is 0 Å². The molecule has 0 aliphatic rings. The molecule has 1 nitrogen and oxygen atoms in total. The first-order valence-corrected chi connectivity index (χ1v) is 5.71. The Morgan fingerprint density at radius 1 is 1.17 bits per heavy atom. The van der Waals surface area contributed by atoms with E-state index < -0.39 is 0 Å². The predicted octanol–water partition coefficient (Wildman–Crippen LogP) is 4.01. The summed E-state index contributed by atoms with van der Waals surface area (Å²) in [6.45, 7) is 0. The molecule has 0 saturated carbocycles. The summed E-state index contributed by atoms with van der Waals surface area (Å²) in [5.41, 5.74) is 6.48. The average molecular weight is 307 g/mol. The number of halogens is 2. The van der Waals surface area contributed by atoms with Crippen molar-refractivity contribution in [2.75, 3.05) is 5.73 Å². The van der Waals surface area contributed by atoms with Gasteiger partial charge < -0.3 is 5.73 Å². The van der Waals surface area contributed by atoms with Crippen LogP contribution in [-0.4, -0.2) is 0 Å². The molecular formula is C8H5Br2NS. The molecule has 2 N–H and O–H groups in total. The van der Waals surface area contributed by atoms with E-state index in [0.717, 1.165) is 13.9 Å². The molecule has 0 radical (unpaired) electrons. The molecule has 1 aromatic carbocycles. The summed E-state index contributed by atoms with van der Waals surface area (Å²) in [4.78, 5) is 0. The van der Waals surface area contributed by atoms with Gasteiger partial charge in [-0.3, -0.25) is 0 Å². The van der Waals surface area contributed by atoms with Crippen LogP contribution in [0.2, 0.25) is 0 Å². The molecule has 12 heavy (non-hydrogen) atoms. The fourth-order valence-corrected chi connectivity index (χ4v) is 3.34. The van der Waals surface area contributed by atoms with E-state index >= 15 is 0 Å². The summed E-state index contributed by atoms with van der Waals surface area (Å²) in [7, 11) is 0. The Kier molecular flexibility index (Phi) is 2.14. The molecule has 0 bridgehead atoms. The second-order valence-corrected chi connectivity index (χ2v) is 5.76. The molecule has 0 saturated heterocycles. The quantitative estimate of drug-likeness (QED) is 0.731. The van der Waals surface area contributed by atoms with Gasteiger partial charge in [-0.2, -0.15) is 0 Å². The largest absolute Gasteiger partial charge is 0.399 e. The van der Waals surface area contributed by atoms with Crippen molar-refractivity contribution in [2.24, 2.45) is 0 Å². The van der Waals surface area contributed by atoms with E-state index in [1.165, 1.54) is 10.1 Å². The lowest BCUT2D eigenvalue weighted by Gasteiger charge is -1.95. The van der Waals surface area contributed by atoms with E-state index in [2.05, 4.69) is 37.9 Å². The molecule has 1 heterocycles. The molecule has 2 aromatic rings. The minimum Gasteiger partial charge on any atom is -0.399 e. The van der Waals surface area contributed by atoms with Crippen molar-refractivity contribution >= 4 is 59.0 Å². The highest BCUT2D eigenvalue weighted by Gasteiger charge is 2.03. The van der Waals surface area contributed by atoms with Crippen LogP contribution in [0.4, 0.5) is 5.69 Å². The summed E-state index contributed by atoms with van der Waals surface area (Å²) >= 11 is 8.61. The third-order valence-electron chi connectivity index (χ3n) is 1.56. The van der Waals surface area contributed by atoms with Crippen molar-refractivity contribution < 1.29 is 0 Å². The van der Waals surface area contributed by atoms with Gasteiger partial charge in [-0.1, -0.05) is 0 Å². The Balaban J connectivity index is 2.88. The van der Waals surface area contributed by atoms with Crippen LogP contribution in [-0.2, 0) is 0 Å². The standard InChI is InChI=1S/C8H5Br2NS/c9-6-3-5(11)1-4-2-7(10)12-8(4)6/h1-3H,11H2. The van der Waals surface area contributed by atoms with Crippen LogP contribution in [0, 0.1) is 0 Å². The lowest BCUT2D eigenvalue weighted by Crippen LogP contribution is -1.82. The minimum absolute atomic E-state index is 0.791. The summed E-state index contributed by atoms with van der Waals surface area (Å²) in [6.07, 6.45) is 0. The summed E-state index contributed by atoms with van der Waals surface area (Å²) < 4.78 is 3.42. The van der Waals surface area contributed by atoms with Crippen LogP contribution in [0.1, 0.15) is 0 Å². The zero-order valence-corrected chi connectivity index (χ0v) is 9.96. The predicted molar refractivity (Wildman–Crippen MR) is 61.6 cm³/mol. The van der Waals surface area contributed by atoms with E-state index in [0.29, 0.717) is 0 Å². The first-order valence-electron chi connectivity index (χ1n) is 3.31. The van der Waals surface area contributed by atoms with E-state index in [9.17, 15) is 0 Å². The van der Waals surface area contributed by atoms with Crippen molar-refractivity contribution in [3.8, 4) is 0 Å². The van der Waals surface area contributed by atoms with Gasteiger partial charge in [-0.25, -0.2) is 0 Å². The molecule has 0 amide bonds. The van der Waals surface area contributed by atoms with Gasteiger partial charge in [0.15, 0.2) is 0 Å². The Bertz CT molecular complexity index is 436. The van der Waals surface area contributed by atoms with Crippen molar-refractivity contribution in [3.63, 3.8) is 0 Å². The average Bonchev–Trinajstić information content (AvgIpc) is 2.29. The zero-order chi connectivity index (χ0) is 8.72. The number of hydrogen-bond acceptors (Lipinski definition) is 2. The van der Waals surface area contributed by atoms with Crippen molar-refractivity contribution in [3.05, 3.63) is 26.5 Å². The van der Waals surface area contributed by atoms with E-state index in [-0.39, 0.29) is 0 Å². The Morgan fingerprint density at radius 3 is 2.67 bits per heavy atom. The molecule has 0 fully saturated rings. The molecule has 1 aromatic heterocycles. The first-order chi connectivity index (χ1) is 5.66. The SMILES string of the molecule is Nc1cc(Br)c2sc(Br)cc2c1. The molecule has 0 spiro atoms. The van der Waals surface area contributed by atoms with Gasteiger partial charge in [0.05, 0.1) is 3.79 Å². The van der Waals surface area contributed by atoms with Crippen LogP contribution in [0.3, 0.4) is 0 Å². The highest BCUT2D eigenvalue weighted by molar-refractivity contribution is 9.11. The van der Waals surface area contributed by atoms with Gasteiger partial charge in [0.1, 0.15) is 0 Å². The second kappa shape index (κ2) is 3.01. The molecule has 0 unspecified atom stereocenters. The molecule has 62 valence electrons. The molecular weight excluding hydrogens is 302 g/mol. The van der Waals surface area contributed by atoms with Crippen LogP contribution >= 0.6 is 43.2 Å². The smallest absolute Gasteiger partial charge is 0.0711 e. The lowest BCUT2D eigenvalue weighted by molar-refractivity contribution is 1.75. The number of rotatable bonds is 0. The maximum absolute atomic E-state index is 5.69. The highest BCUT2D eigenvalue weighted by Crippen LogP contribution is 2.36. The number of nitrogens with two attached hydrogens (primary N) is 1. The van der Waals surface area contributed by atoms with Gasteiger partial charge in [-0.15, -0.1) is 11.3 Å². The van der Waals surface area contributed by atoms with Crippen molar-refractivity contribution in [2.45, 2.75) is 0 Å². The van der Waals surface area contributed by atoms with Gasteiger partial charge in [0.2, 0.25) is 0 Å². The maximum Gasteiger partial charge on any atom is 0.0711 e. The molecule has 2 rings (SSSR count). The number of hydrogen-bond donors (Lipinski definition) is 1. The Labute approximate surface area is 90.8 Å².